The van der Waals surface area contributed by atoms with E-state index >= 15 is 0 Å². The molecule has 1 aromatic heterocycles. The van der Waals surface area contributed by atoms with Crippen molar-refractivity contribution >= 4 is 11.7 Å². The molecule has 2 heterocycles. The number of amides is 2. The maximum Gasteiger partial charge on any atom is 0.321 e. The molecule has 0 unspecified atom stereocenters. The SMILES string of the molecule is C[C@@H]1C[C@H](N(C)C(=O)Nc2ccncc2)CCN1Cc1ccccc1. The lowest BCUT2D eigenvalue weighted by molar-refractivity contribution is 0.0942. The average molecular weight is 338 g/mol. The maximum atomic E-state index is 12.5. The number of likely N-dealkylation sites (tertiary alicyclic amines) is 1. The quantitative estimate of drug-likeness (QED) is 0.927. The molecular formula is C20H26N4O. The number of nitrogens with zero attached hydrogens (tertiary/aromatic N) is 3. The molecule has 25 heavy (non-hydrogen) atoms. The Morgan fingerprint density at radius 3 is 2.64 bits per heavy atom. The Balaban J connectivity index is 1.54. The molecule has 2 atom stereocenters. The fraction of sp³-hybridized carbons (Fsp3) is 0.400. The zero-order valence-corrected chi connectivity index (χ0v) is 14.9. The summed E-state index contributed by atoms with van der Waals surface area (Å²) in [7, 11) is 1.89. The van der Waals surface area contributed by atoms with E-state index in [-0.39, 0.29) is 12.1 Å². The van der Waals surface area contributed by atoms with E-state index in [4.69, 9.17) is 0 Å². The van der Waals surface area contributed by atoms with Crippen molar-refractivity contribution in [2.45, 2.75) is 38.4 Å². The third-order valence-electron chi connectivity index (χ3n) is 5.01. The van der Waals surface area contributed by atoms with Crippen molar-refractivity contribution in [2.75, 3.05) is 18.9 Å². The maximum absolute atomic E-state index is 12.5. The zero-order chi connectivity index (χ0) is 17.6. The van der Waals surface area contributed by atoms with E-state index in [1.54, 1.807) is 24.5 Å². The molecule has 0 saturated carbocycles. The predicted molar refractivity (Wildman–Crippen MR) is 100 cm³/mol. The summed E-state index contributed by atoms with van der Waals surface area (Å²) < 4.78 is 0. The minimum absolute atomic E-state index is 0.0556. The first-order valence-electron chi connectivity index (χ1n) is 8.85. The zero-order valence-electron chi connectivity index (χ0n) is 14.9. The van der Waals surface area contributed by atoms with E-state index in [0.717, 1.165) is 31.6 Å². The molecule has 1 aromatic carbocycles. The van der Waals surface area contributed by atoms with Crippen LogP contribution in [0.25, 0.3) is 0 Å². The molecule has 0 radical (unpaired) electrons. The molecule has 3 rings (SSSR count). The van der Waals surface area contributed by atoms with Gasteiger partial charge in [-0.05, 0) is 37.5 Å². The van der Waals surface area contributed by atoms with E-state index in [0.29, 0.717) is 6.04 Å². The van der Waals surface area contributed by atoms with E-state index < -0.39 is 0 Å². The van der Waals surface area contributed by atoms with Crippen LogP contribution in [0.1, 0.15) is 25.3 Å². The number of benzene rings is 1. The lowest BCUT2D eigenvalue weighted by atomic mass is 9.96. The summed E-state index contributed by atoms with van der Waals surface area (Å²) in [5.41, 5.74) is 2.12. The summed E-state index contributed by atoms with van der Waals surface area (Å²) in [6.07, 6.45) is 5.35. The fourth-order valence-corrected chi connectivity index (χ4v) is 3.41. The van der Waals surface area contributed by atoms with Crippen LogP contribution >= 0.6 is 0 Å². The van der Waals surface area contributed by atoms with Crippen LogP contribution in [0.3, 0.4) is 0 Å². The lowest BCUT2D eigenvalue weighted by Gasteiger charge is -2.41. The molecule has 132 valence electrons. The molecule has 1 N–H and O–H groups in total. The smallest absolute Gasteiger partial charge is 0.321 e. The van der Waals surface area contributed by atoms with Crippen LogP contribution in [0, 0.1) is 0 Å². The van der Waals surface area contributed by atoms with Gasteiger partial charge in [0, 0.05) is 50.3 Å². The highest BCUT2D eigenvalue weighted by Gasteiger charge is 2.29. The number of rotatable bonds is 4. The molecule has 1 saturated heterocycles. The topological polar surface area (TPSA) is 48.5 Å². The molecule has 2 aromatic rings. The van der Waals surface area contributed by atoms with Crippen LogP contribution in [0.4, 0.5) is 10.5 Å². The number of hydrogen-bond acceptors (Lipinski definition) is 3. The van der Waals surface area contributed by atoms with Gasteiger partial charge in [-0.25, -0.2) is 4.79 Å². The summed E-state index contributed by atoms with van der Waals surface area (Å²) in [5, 5.41) is 2.94. The molecule has 5 heteroatoms. The molecule has 0 bridgehead atoms. The first kappa shape index (κ1) is 17.4. The fourth-order valence-electron chi connectivity index (χ4n) is 3.41. The first-order chi connectivity index (χ1) is 12.1. The highest BCUT2D eigenvalue weighted by atomic mass is 16.2. The number of aromatic nitrogens is 1. The van der Waals surface area contributed by atoms with Crippen molar-refractivity contribution < 1.29 is 4.79 Å². The summed E-state index contributed by atoms with van der Waals surface area (Å²) in [6.45, 7) is 4.24. The van der Waals surface area contributed by atoms with Crippen molar-refractivity contribution in [1.82, 2.24) is 14.8 Å². The number of carbonyl (C=O) groups excluding carboxylic acids is 1. The molecule has 0 aliphatic carbocycles. The van der Waals surface area contributed by atoms with Gasteiger partial charge in [-0.2, -0.15) is 0 Å². The van der Waals surface area contributed by atoms with Crippen LogP contribution in [0.2, 0.25) is 0 Å². The van der Waals surface area contributed by atoms with E-state index in [1.807, 2.05) is 11.9 Å². The van der Waals surface area contributed by atoms with Gasteiger partial charge in [-0.3, -0.25) is 9.88 Å². The summed E-state index contributed by atoms with van der Waals surface area (Å²) >= 11 is 0. The second-order valence-electron chi connectivity index (χ2n) is 6.76. The average Bonchev–Trinajstić information content (AvgIpc) is 2.64. The highest BCUT2D eigenvalue weighted by Crippen LogP contribution is 2.23. The van der Waals surface area contributed by atoms with Gasteiger partial charge in [0.25, 0.3) is 0 Å². The van der Waals surface area contributed by atoms with Gasteiger partial charge in [0.1, 0.15) is 0 Å². The van der Waals surface area contributed by atoms with Crippen molar-refractivity contribution in [3.63, 3.8) is 0 Å². The molecule has 0 spiro atoms. The third-order valence-corrected chi connectivity index (χ3v) is 5.01. The van der Waals surface area contributed by atoms with E-state index in [2.05, 4.69) is 52.5 Å². The highest BCUT2D eigenvalue weighted by molar-refractivity contribution is 5.89. The minimum atomic E-state index is -0.0556. The second-order valence-corrected chi connectivity index (χ2v) is 6.76. The van der Waals surface area contributed by atoms with Crippen LogP contribution < -0.4 is 5.32 Å². The number of urea groups is 1. The molecule has 2 amide bonds. The minimum Gasteiger partial charge on any atom is -0.325 e. The third kappa shape index (κ3) is 4.57. The number of carbonyl (C=O) groups is 1. The van der Waals surface area contributed by atoms with Crippen molar-refractivity contribution in [2.24, 2.45) is 0 Å². The Labute approximate surface area is 149 Å². The lowest BCUT2D eigenvalue weighted by Crippen LogP contribution is -2.50. The number of nitrogens with one attached hydrogen (secondary N) is 1. The van der Waals surface area contributed by atoms with Gasteiger partial charge >= 0.3 is 6.03 Å². The Hall–Kier alpha value is -2.40. The van der Waals surface area contributed by atoms with Crippen LogP contribution in [-0.2, 0) is 6.54 Å². The molecular weight excluding hydrogens is 312 g/mol. The van der Waals surface area contributed by atoms with Crippen molar-refractivity contribution in [3.05, 3.63) is 60.4 Å². The molecule has 5 nitrogen and oxygen atoms in total. The molecule has 1 fully saturated rings. The Morgan fingerprint density at radius 1 is 1.24 bits per heavy atom. The van der Waals surface area contributed by atoms with Gasteiger partial charge in [0.05, 0.1) is 0 Å². The summed E-state index contributed by atoms with van der Waals surface area (Å²) in [6, 6.07) is 14.8. The van der Waals surface area contributed by atoms with E-state index in [1.165, 1.54) is 5.56 Å². The molecule has 1 aliphatic rings. The number of pyridine rings is 1. The second kappa shape index (κ2) is 8.12. The van der Waals surface area contributed by atoms with Crippen molar-refractivity contribution in [1.29, 1.82) is 0 Å². The largest absolute Gasteiger partial charge is 0.325 e. The number of anilines is 1. The van der Waals surface area contributed by atoms with Gasteiger partial charge in [0.2, 0.25) is 0 Å². The van der Waals surface area contributed by atoms with E-state index in [9.17, 15) is 4.79 Å². The Morgan fingerprint density at radius 2 is 1.96 bits per heavy atom. The van der Waals surface area contributed by atoms with Crippen LogP contribution in [0.15, 0.2) is 54.9 Å². The molecule has 1 aliphatic heterocycles. The van der Waals surface area contributed by atoms with Crippen molar-refractivity contribution in [3.8, 4) is 0 Å². The predicted octanol–water partition coefficient (Wildman–Crippen LogP) is 3.60. The van der Waals surface area contributed by atoms with Crippen LogP contribution in [0.5, 0.6) is 0 Å². The van der Waals surface area contributed by atoms with Gasteiger partial charge in [-0.15, -0.1) is 0 Å². The normalized spacial score (nSPS) is 20.9. The number of piperidine rings is 1. The van der Waals surface area contributed by atoms with Gasteiger partial charge in [0.15, 0.2) is 0 Å². The Bertz CT molecular complexity index is 677. The van der Waals surface area contributed by atoms with Gasteiger partial charge < -0.3 is 10.2 Å². The van der Waals surface area contributed by atoms with Crippen LogP contribution in [-0.4, -0.2) is 46.5 Å². The summed E-state index contributed by atoms with van der Waals surface area (Å²) in [5.74, 6) is 0. The monoisotopic (exact) mass is 338 g/mol. The summed E-state index contributed by atoms with van der Waals surface area (Å²) in [4.78, 5) is 20.8. The first-order valence-corrected chi connectivity index (χ1v) is 8.85. The number of hydrogen-bond donors (Lipinski definition) is 1. The Kier molecular flexibility index (Phi) is 5.66. The standard InChI is InChI=1S/C20H26N4O/c1-16-14-19(10-13-24(16)15-17-6-4-3-5-7-17)23(2)20(25)22-18-8-11-21-12-9-18/h3-9,11-12,16,19H,10,13-15H2,1-2H3,(H,21,22,25)/t16-,19-/m1/s1. The van der Waals surface area contributed by atoms with Gasteiger partial charge in [-0.1, -0.05) is 30.3 Å².